The lowest BCUT2D eigenvalue weighted by molar-refractivity contribution is -0.187. The van der Waals surface area contributed by atoms with E-state index in [1.807, 2.05) is 12.1 Å². The Balaban J connectivity index is 1.52. The van der Waals surface area contributed by atoms with Crippen molar-refractivity contribution in [3.63, 3.8) is 0 Å². The third-order valence-corrected chi connectivity index (χ3v) is 6.99. The number of piperidine rings is 1. The fourth-order valence-corrected chi connectivity index (χ4v) is 4.93. The van der Waals surface area contributed by atoms with Crippen LogP contribution in [0.4, 0.5) is 13.2 Å². The van der Waals surface area contributed by atoms with E-state index < -0.39 is 17.6 Å². The zero-order chi connectivity index (χ0) is 25.6. The van der Waals surface area contributed by atoms with Crippen LogP contribution < -0.4 is 10.1 Å². The van der Waals surface area contributed by atoms with E-state index in [-0.39, 0.29) is 32.0 Å². The minimum Gasteiger partial charge on any atom is -0.496 e. The number of para-hydroxylation sites is 1. The minimum absolute atomic E-state index is 0.0918. The van der Waals surface area contributed by atoms with Crippen molar-refractivity contribution in [3.05, 3.63) is 95.8 Å². The quantitative estimate of drug-likeness (QED) is 0.475. The summed E-state index contributed by atoms with van der Waals surface area (Å²) >= 11 is 0. The molecule has 1 aliphatic heterocycles. The fraction of sp³-hybridized carbons (Fsp3) is 0.357. The molecule has 5 nitrogen and oxygen atoms in total. The topological polar surface area (TPSA) is 54.5 Å². The van der Waals surface area contributed by atoms with Crippen molar-refractivity contribution in [1.82, 2.24) is 15.2 Å². The maximum absolute atomic E-state index is 14.1. The van der Waals surface area contributed by atoms with Crippen molar-refractivity contribution in [1.29, 1.82) is 0 Å². The Hall–Kier alpha value is -3.39. The average molecular weight is 498 g/mol. The standard InChI is InChI=1S/C28H30F3N3O2/c1-36-23-12-6-5-11-22(23)26(35)33-20-27(24-13-7-8-16-32-24)14-17-34(18-15-27)25(28(29,30)31)19-21-9-3-2-4-10-21/h2-13,16,25H,14-15,17-20H2,1H3,(H,33,35). The van der Waals surface area contributed by atoms with E-state index in [4.69, 9.17) is 4.74 Å². The SMILES string of the molecule is COc1ccccc1C(=O)NCC1(c2ccccn2)CCN(C(Cc2ccccc2)C(F)(F)F)CC1. The van der Waals surface area contributed by atoms with Gasteiger partial charge in [-0.2, -0.15) is 13.2 Å². The summed E-state index contributed by atoms with van der Waals surface area (Å²) in [4.78, 5) is 19.0. The maximum atomic E-state index is 14.1. The number of hydrogen-bond donors (Lipinski definition) is 1. The molecule has 3 aromatic rings. The van der Waals surface area contributed by atoms with Crippen molar-refractivity contribution < 1.29 is 22.7 Å². The number of likely N-dealkylation sites (tertiary alicyclic amines) is 1. The number of nitrogens with one attached hydrogen (secondary N) is 1. The number of methoxy groups -OCH3 is 1. The molecule has 190 valence electrons. The lowest BCUT2D eigenvalue weighted by Gasteiger charge is -2.44. The van der Waals surface area contributed by atoms with Gasteiger partial charge in [-0.1, -0.05) is 48.5 Å². The first-order valence-electron chi connectivity index (χ1n) is 12.0. The van der Waals surface area contributed by atoms with E-state index in [2.05, 4.69) is 10.3 Å². The van der Waals surface area contributed by atoms with Crippen LogP contribution in [-0.2, 0) is 11.8 Å². The zero-order valence-electron chi connectivity index (χ0n) is 20.2. The molecule has 1 N–H and O–H groups in total. The van der Waals surface area contributed by atoms with Gasteiger partial charge >= 0.3 is 6.18 Å². The van der Waals surface area contributed by atoms with Crippen LogP contribution in [-0.4, -0.2) is 54.8 Å². The van der Waals surface area contributed by atoms with Crippen LogP contribution in [0.1, 0.15) is 34.5 Å². The molecule has 1 aliphatic rings. The van der Waals surface area contributed by atoms with E-state index in [0.717, 1.165) is 5.69 Å². The van der Waals surface area contributed by atoms with Crippen LogP contribution in [0.2, 0.25) is 0 Å². The van der Waals surface area contributed by atoms with Gasteiger partial charge in [0.15, 0.2) is 0 Å². The van der Waals surface area contributed by atoms with Gasteiger partial charge in [0.05, 0.1) is 12.7 Å². The smallest absolute Gasteiger partial charge is 0.404 e. The summed E-state index contributed by atoms with van der Waals surface area (Å²) in [5, 5.41) is 3.00. The van der Waals surface area contributed by atoms with Gasteiger partial charge in [-0.05, 0) is 62.2 Å². The molecular weight excluding hydrogens is 467 g/mol. The molecule has 0 radical (unpaired) electrons. The highest BCUT2D eigenvalue weighted by atomic mass is 19.4. The van der Waals surface area contributed by atoms with Gasteiger partial charge < -0.3 is 10.1 Å². The van der Waals surface area contributed by atoms with E-state index in [1.54, 1.807) is 66.9 Å². The number of alkyl halides is 3. The number of halogens is 3. The second kappa shape index (κ2) is 11.1. The van der Waals surface area contributed by atoms with Crippen LogP contribution in [0.5, 0.6) is 5.75 Å². The Kier molecular flexibility index (Phi) is 7.94. The average Bonchev–Trinajstić information content (AvgIpc) is 2.91. The second-order valence-corrected chi connectivity index (χ2v) is 9.16. The number of nitrogens with zero attached hydrogens (tertiary/aromatic N) is 2. The highest BCUT2D eigenvalue weighted by Crippen LogP contribution is 2.38. The highest BCUT2D eigenvalue weighted by Gasteiger charge is 2.47. The van der Waals surface area contributed by atoms with Crippen molar-refractivity contribution in [2.75, 3.05) is 26.7 Å². The van der Waals surface area contributed by atoms with Crippen molar-refractivity contribution in [2.24, 2.45) is 0 Å². The predicted molar refractivity (Wildman–Crippen MR) is 132 cm³/mol. The summed E-state index contributed by atoms with van der Waals surface area (Å²) in [6, 6.07) is 19.7. The van der Waals surface area contributed by atoms with Crippen LogP contribution in [0.25, 0.3) is 0 Å². The molecule has 2 aromatic carbocycles. The Morgan fingerprint density at radius 1 is 1.03 bits per heavy atom. The summed E-state index contributed by atoms with van der Waals surface area (Å²) < 4.78 is 47.6. The van der Waals surface area contributed by atoms with Gasteiger partial charge in [0.1, 0.15) is 11.8 Å². The summed E-state index contributed by atoms with van der Waals surface area (Å²) in [5.74, 6) is 0.174. The molecule has 8 heteroatoms. The van der Waals surface area contributed by atoms with Crippen molar-refractivity contribution in [2.45, 2.75) is 36.9 Å². The second-order valence-electron chi connectivity index (χ2n) is 9.16. The number of benzene rings is 2. The van der Waals surface area contributed by atoms with Crippen LogP contribution >= 0.6 is 0 Å². The van der Waals surface area contributed by atoms with E-state index >= 15 is 0 Å². The maximum Gasteiger partial charge on any atom is 0.404 e. The molecule has 1 atom stereocenters. The first kappa shape index (κ1) is 25.7. The van der Waals surface area contributed by atoms with Gasteiger partial charge in [-0.3, -0.25) is 14.7 Å². The first-order chi connectivity index (χ1) is 17.3. The highest BCUT2D eigenvalue weighted by molar-refractivity contribution is 5.96. The summed E-state index contributed by atoms with van der Waals surface area (Å²) in [5.41, 5.74) is 1.27. The van der Waals surface area contributed by atoms with Gasteiger partial charge in [-0.15, -0.1) is 0 Å². The molecule has 36 heavy (non-hydrogen) atoms. The van der Waals surface area contributed by atoms with Gasteiger partial charge in [0, 0.05) is 23.9 Å². The zero-order valence-corrected chi connectivity index (χ0v) is 20.2. The molecule has 0 spiro atoms. The molecule has 1 unspecified atom stereocenters. The third-order valence-electron chi connectivity index (χ3n) is 6.99. The number of amides is 1. The van der Waals surface area contributed by atoms with Gasteiger partial charge in [0.25, 0.3) is 5.91 Å². The molecule has 2 heterocycles. The monoisotopic (exact) mass is 497 g/mol. The molecule has 4 rings (SSSR count). The van der Waals surface area contributed by atoms with Gasteiger partial charge in [-0.25, -0.2) is 0 Å². The number of rotatable bonds is 8. The Bertz CT molecular complexity index is 1130. The first-order valence-corrected chi connectivity index (χ1v) is 12.0. The molecule has 0 saturated carbocycles. The van der Waals surface area contributed by atoms with Crippen LogP contribution in [0.3, 0.4) is 0 Å². The lowest BCUT2D eigenvalue weighted by Crippen LogP contribution is -2.55. The van der Waals surface area contributed by atoms with E-state index in [0.29, 0.717) is 29.7 Å². The van der Waals surface area contributed by atoms with E-state index in [9.17, 15) is 18.0 Å². The number of carbonyl (C=O) groups is 1. The molecule has 1 saturated heterocycles. The number of pyridine rings is 1. The minimum atomic E-state index is -4.35. The van der Waals surface area contributed by atoms with E-state index in [1.165, 1.54) is 12.0 Å². The normalized spacial score (nSPS) is 16.8. The molecule has 0 aliphatic carbocycles. The predicted octanol–water partition coefficient (Wildman–Crippen LogP) is 5.03. The molecular formula is C28H30F3N3O2. The fourth-order valence-electron chi connectivity index (χ4n) is 4.93. The largest absolute Gasteiger partial charge is 0.496 e. The van der Waals surface area contributed by atoms with Crippen molar-refractivity contribution >= 4 is 5.91 Å². The number of carbonyl (C=O) groups excluding carboxylic acids is 1. The lowest BCUT2D eigenvalue weighted by atomic mass is 9.74. The van der Waals surface area contributed by atoms with Gasteiger partial charge in [0.2, 0.25) is 0 Å². The summed E-state index contributed by atoms with van der Waals surface area (Å²) in [7, 11) is 1.50. The third kappa shape index (κ3) is 5.87. The molecule has 1 aromatic heterocycles. The molecule has 1 fully saturated rings. The number of aromatic nitrogens is 1. The van der Waals surface area contributed by atoms with Crippen molar-refractivity contribution in [3.8, 4) is 5.75 Å². The Labute approximate surface area is 209 Å². The number of ether oxygens (including phenoxy) is 1. The molecule has 0 bridgehead atoms. The Morgan fingerprint density at radius 3 is 2.33 bits per heavy atom. The number of hydrogen-bond acceptors (Lipinski definition) is 4. The van der Waals surface area contributed by atoms with Crippen LogP contribution in [0, 0.1) is 0 Å². The molecule has 1 amide bonds. The van der Waals surface area contributed by atoms with Crippen LogP contribution in [0.15, 0.2) is 79.0 Å². The summed E-state index contributed by atoms with van der Waals surface area (Å²) in [6.45, 7) is 0.764. The Morgan fingerprint density at radius 2 is 1.69 bits per heavy atom. The summed E-state index contributed by atoms with van der Waals surface area (Å²) in [6.07, 6.45) is -1.88.